The zero-order valence-corrected chi connectivity index (χ0v) is 13.6. The normalized spacial score (nSPS) is 24.3. The summed E-state index contributed by atoms with van der Waals surface area (Å²) in [6.45, 7) is 17.5. The van der Waals surface area contributed by atoms with Crippen molar-refractivity contribution in [3.8, 4) is 0 Å². The van der Waals surface area contributed by atoms with E-state index in [0.29, 0.717) is 5.41 Å². The fraction of sp³-hybridized carbons (Fsp3) is 1.00. The van der Waals surface area contributed by atoms with Gasteiger partial charge in [0.15, 0.2) is 0 Å². The Morgan fingerprint density at radius 2 is 1.26 bits per heavy atom. The van der Waals surface area contributed by atoms with Crippen LogP contribution in [0.15, 0.2) is 0 Å². The van der Waals surface area contributed by atoms with Crippen molar-refractivity contribution in [3.05, 3.63) is 0 Å². The van der Waals surface area contributed by atoms with Crippen molar-refractivity contribution in [1.29, 1.82) is 0 Å². The highest BCUT2D eigenvalue weighted by Crippen LogP contribution is 2.40. The van der Waals surface area contributed by atoms with Crippen molar-refractivity contribution >= 4 is 0 Å². The van der Waals surface area contributed by atoms with Gasteiger partial charge in [0.1, 0.15) is 0 Å². The molecule has 2 fully saturated rings. The molecule has 2 nitrogen and oxygen atoms in total. The van der Waals surface area contributed by atoms with E-state index in [1.54, 1.807) is 0 Å². The average molecular weight is 266 g/mol. The summed E-state index contributed by atoms with van der Waals surface area (Å²) < 4.78 is 0. The van der Waals surface area contributed by atoms with Crippen LogP contribution < -0.4 is 0 Å². The standard InChI is InChI=1S/C17H34N2/c1-15(2)5-9-18-11-7-17(8-12-18)13-19(14-17)10-6-16(3)4/h15-16H,5-14H2,1-4H3. The molecule has 0 aromatic carbocycles. The monoisotopic (exact) mass is 266 g/mol. The predicted molar refractivity (Wildman–Crippen MR) is 83.5 cm³/mol. The van der Waals surface area contributed by atoms with Crippen LogP contribution in [0.3, 0.4) is 0 Å². The molecule has 0 atom stereocenters. The molecule has 0 aromatic heterocycles. The van der Waals surface area contributed by atoms with E-state index in [2.05, 4.69) is 37.5 Å². The SMILES string of the molecule is CC(C)CCN1CCC2(CC1)CN(CCC(C)C)C2. The number of hydrogen-bond acceptors (Lipinski definition) is 2. The van der Waals surface area contributed by atoms with Crippen molar-refractivity contribution in [3.63, 3.8) is 0 Å². The quantitative estimate of drug-likeness (QED) is 0.726. The summed E-state index contributed by atoms with van der Waals surface area (Å²) in [7, 11) is 0. The van der Waals surface area contributed by atoms with Gasteiger partial charge in [-0.15, -0.1) is 0 Å². The molecule has 0 saturated carbocycles. The predicted octanol–water partition coefficient (Wildman–Crippen LogP) is 3.48. The van der Waals surface area contributed by atoms with Gasteiger partial charge in [-0.3, -0.25) is 0 Å². The van der Waals surface area contributed by atoms with Gasteiger partial charge >= 0.3 is 0 Å². The largest absolute Gasteiger partial charge is 0.303 e. The molecule has 0 bridgehead atoms. The summed E-state index contributed by atoms with van der Waals surface area (Å²) in [5.41, 5.74) is 0.714. The first-order valence-electron chi connectivity index (χ1n) is 8.44. The Bertz CT molecular complexity index is 256. The van der Waals surface area contributed by atoms with Crippen LogP contribution in [0.1, 0.15) is 53.4 Å². The fourth-order valence-electron chi connectivity index (χ4n) is 3.51. The van der Waals surface area contributed by atoms with Crippen LogP contribution in [0.4, 0.5) is 0 Å². The van der Waals surface area contributed by atoms with Crippen LogP contribution in [0.25, 0.3) is 0 Å². The molecule has 0 unspecified atom stereocenters. The molecule has 2 aliphatic heterocycles. The van der Waals surface area contributed by atoms with Crippen LogP contribution >= 0.6 is 0 Å². The average Bonchev–Trinajstić information content (AvgIpc) is 2.32. The molecular weight excluding hydrogens is 232 g/mol. The lowest BCUT2D eigenvalue weighted by Gasteiger charge is -2.54. The van der Waals surface area contributed by atoms with Crippen LogP contribution in [-0.4, -0.2) is 49.1 Å². The zero-order valence-electron chi connectivity index (χ0n) is 13.6. The molecule has 112 valence electrons. The third kappa shape index (κ3) is 4.46. The Labute approximate surface area is 120 Å². The summed E-state index contributed by atoms with van der Waals surface area (Å²) in [5, 5.41) is 0. The molecule has 19 heavy (non-hydrogen) atoms. The Morgan fingerprint density at radius 3 is 1.74 bits per heavy atom. The second kappa shape index (κ2) is 6.58. The van der Waals surface area contributed by atoms with Gasteiger partial charge in [0.25, 0.3) is 0 Å². The first-order valence-corrected chi connectivity index (χ1v) is 8.44. The van der Waals surface area contributed by atoms with Crippen molar-refractivity contribution in [2.24, 2.45) is 17.3 Å². The Kier molecular flexibility index (Phi) is 5.30. The van der Waals surface area contributed by atoms with Gasteiger partial charge in [0.2, 0.25) is 0 Å². The van der Waals surface area contributed by atoms with E-state index < -0.39 is 0 Å². The minimum atomic E-state index is 0.714. The van der Waals surface area contributed by atoms with Crippen LogP contribution in [0.5, 0.6) is 0 Å². The molecule has 2 saturated heterocycles. The molecule has 2 aliphatic rings. The number of rotatable bonds is 6. The highest BCUT2D eigenvalue weighted by atomic mass is 15.2. The third-order valence-electron chi connectivity index (χ3n) is 5.08. The van der Waals surface area contributed by atoms with E-state index in [4.69, 9.17) is 0 Å². The maximum absolute atomic E-state index is 2.70. The first-order chi connectivity index (χ1) is 8.99. The molecule has 0 N–H and O–H groups in total. The molecule has 2 rings (SSSR count). The van der Waals surface area contributed by atoms with E-state index in [0.717, 1.165) is 11.8 Å². The summed E-state index contributed by atoms with van der Waals surface area (Å²) in [5.74, 6) is 1.71. The van der Waals surface area contributed by atoms with Gasteiger partial charge in [-0.05, 0) is 69.1 Å². The smallest absolute Gasteiger partial charge is 0.00514 e. The summed E-state index contributed by atoms with van der Waals surface area (Å²) in [6.07, 6.45) is 5.64. The molecule has 0 aromatic rings. The van der Waals surface area contributed by atoms with Gasteiger partial charge < -0.3 is 9.80 Å². The number of piperidine rings is 1. The summed E-state index contributed by atoms with van der Waals surface area (Å²) >= 11 is 0. The van der Waals surface area contributed by atoms with Crippen molar-refractivity contribution in [2.75, 3.05) is 39.3 Å². The molecule has 1 spiro atoms. The maximum Gasteiger partial charge on any atom is 0.00514 e. The summed E-state index contributed by atoms with van der Waals surface area (Å²) in [6, 6.07) is 0. The van der Waals surface area contributed by atoms with Crippen molar-refractivity contribution < 1.29 is 0 Å². The summed E-state index contributed by atoms with van der Waals surface area (Å²) in [4.78, 5) is 5.38. The molecule has 0 aliphatic carbocycles. The van der Waals surface area contributed by atoms with Crippen LogP contribution in [-0.2, 0) is 0 Å². The van der Waals surface area contributed by atoms with Crippen molar-refractivity contribution in [1.82, 2.24) is 9.80 Å². The Hall–Kier alpha value is -0.0800. The van der Waals surface area contributed by atoms with E-state index in [-0.39, 0.29) is 0 Å². The highest BCUT2D eigenvalue weighted by Gasteiger charge is 2.44. The van der Waals surface area contributed by atoms with Gasteiger partial charge in [-0.1, -0.05) is 27.7 Å². The number of hydrogen-bond donors (Lipinski definition) is 0. The van der Waals surface area contributed by atoms with Gasteiger partial charge in [0, 0.05) is 13.1 Å². The molecular formula is C17H34N2. The minimum absolute atomic E-state index is 0.714. The first kappa shape index (κ1) is 15.3. The number of nitrogens with zero attached hydrogens (tertiary/aromatic N) is 2. The van der Waals surface area contributed by atoms with Gasteiger partial charge in [0.05, 0.1) is 0 Å². The van der Waals surface area contributed by atoms with Crippen LogP contribution in [0.2, 0.25) is 0 Å². The zero-order chi connectivity index (χ0) is 13.9. The number of likely N-dealkylation sites (tertiary alicyclic amines) is 2. The second-order valence-electron chi connectivity index (χ2n) is 7.92. The molecule has 2 heterocycles. The lowest BCUT2D eigenvalue weighted by Crippen LogP contribution is -2.60. The van der Waals surface area contributed by atoms with Crippen molar-refractivity contribution in [2.45, 2.75) is 53.4 Å². The highest BCUT2D eigenvalue weighted by molar-refractivity contribution is 4.98. The Balaban J connectivity index is 1.62. The van der Waals surface area contributed by atoms with E-state index in [1.807, 2.05) is 0 Å². The van der Waals surface area contributed by atoms with E-state index >= 15 is 0 Å². The maximum atomic E-state index is 2.70. The third-order valence-corrected chi connectivity index (χ3v) is 5.08. The Morgan fingerprint density at radius 1 is 0.789 bits per heavy atom. The second-order valence-corrected chi connectivity index (χ2v) is 7.92. The lowest BCUT2D eigenvalue weighted by atomic mass is 9.72. The lowest BCUT2D eigenvalue weighted by molar-refractivity contribution is -0.0483. The van der Waals surface area contributed by atoms with E-state index in [1.165, 1.54) is 65.0 Å². The van der Waals surface area contributed by atoms with Gasteiger partial charge in [-0.25, -0.2) is 0 Å². The van der Waals surface area contributed by atoms with Gasteiger partial charge in [-0.2, -0.15) is 0 Å². The fourth-order valence-corrected chi connectivity index (χ4v) is 3.51. The topological polar surface area (TPSA) is 6.48 Å². The van der Waals surface area contributed by atoms with E-state index in [9.17, 15) is 0 Å². The minimum Gasteiger partial charge on any atom is -0.303 e. The molecule has 2 heteroatoms. The van der Waals surface area contributed by atoms with Crippen LogP contribution in [0, 0.1) is 17.3 Å². The molecule has 0 amide bonds. The molecule has 0 radical (unpaired) electrons.